The Morgan fingerprint density at radius 3 is 1.71 bits per heavy atom. The highest BCUT2D eigenvalue weighted by Gasteiger charge is 2.07. The fourth-order valence-electron chi connectivity index (χ4n) is 3.60. The number of nitrogens with zero attached hydrogens (tertiary/aromatic N) is 1. The predicted octanol–water partition coefficient (Wildman–Crippen LogP) is 5.68. The monoisotopic (exact) mass is 398 g/mol. The van der Waals surface area contributed by atoms with Gasteiger partial charge in [-0.15, -0.1) is 0 Å². The number of carbonyl (C=O) groups excluding carboxylic acids is 1. The Morgan fingerprint density at radius 1 is 0.679 bits per heavy atom. The first-order valence-electron chi connectivity index (χ1n) is 12.3. The first-order valence-corrected chi connectivity index (χ1v) is 12.3. The van der Waals surface area contributed by atoms with Crippen LogP contribution in [-0.4, -0.2) is 48.7 Å². The number of carbonyl (C=O) groups is 1. The lowest BCUT2D eigenvalue weighted by molar-refractivity contribution is -0.121. The highest BCUT2D eigenvalue weighted by atomic mass is 16.3. The molecule has 0 aromatic heterocycles. The number of aliphatic hydroxyl groups is 1. The van der Waals surface area contributed by atoms with Gasteiger partial charge in [-0.1, -0.05) is 97.3 Å². The Hall–Kier alpha value is -0.610. The van der Waals surface area contributed by atoms with E-state index in [1.54, 1.807) is 0 Å². The van der Waals surface area contributed by atoms with Gasteiger partial charge in [-0.3, -0.25) is 4.79 Å². The van der Waals surface area contributed by atoms with Crippen LogP contribution in [0.4, 0.5) is 0 Å². The number of hydrogen-bond donors (Lipinski definition) is 2. The van der Waals surface area contributed by atoms with Crippen LogP contribution in [0.5, 0.6) is 0 Å². The van der Waals surface area contributed by atoms with Gasteiger partial charge >= 0.3 is 0 Å². The van der Waals surface area contributed by atoms with Crippen molar-refractivity contribution >= 4 is 5.91 Å². The minimum absolute atomic E-state index is 0.156. The van der Waals surface area contributed by atoms with Crippen LogP contribution in [0.2, 0.25) is 0 Å². The second-order valence-electron chi connectivity index (χ2n) is 8.26. The topological polar surface area (TPSA) is 52.6 Å². The number of unbranched alkanes of at least 4 members (excludes halogenated alkanes) is 13. The maximum atomic E-state index is 12.0. The second kappa shape index (κ2) is 22.7. The van der Waals surface area contributed by atoms with Crippen molar-refractivity contribution in [2.75, 3.05) is 32.8 Å². The summed E-state index contributed by atoms with van der Waals surface area (Å²) in [5, 5.41) is 12.2. The molecule has 0 aliphatic rings. The van der Waals surface area contributed by atoms with Crippen molar-refractivity contribution in [2.45, 2.75) is 117 Å². The lowest BCUT2D eigenvalue weighted by Gasteiger charge is -2.20. The standard InChI is InChI=1S/C24H50N2O2/c1-3-5-7-9-10-11-12-13-14-15-16-19-25-24(28)18-21-26(22-23-27)20-17-8-6-4-2/h27H,3-23H2,1-2H3,(H,25,28). The number of aliphatic hydroxyl groups excluding tert-OH is 1. The lowest BCUT2D eigenvalue weighted by atomic mass is 10.1. The maximum absolute atomic E-state index is 12.0. The van der Waals surface area contributed by atoms with Crippen molar-refractivity contribution in [3.63, 3.8) is 0 Å². The van der Waals surface area contributed by atoms with Gasteiger partial charge in [0.2, 0.25) is 5.91 Å². The van der Waals surface area contributed by atoms with Gasteiger partial charge in [-0.25, -0.2) is 0 Å². The zero-order valence-electron chi connectivity index (χ0n) is 19.2. The third-order valence-electron chi connectivity index (χ3n) is 5.50. The summed E-state index contributed by atoms with van der Waals surface area (Å²) in [6.07, 6.45) is 20.1. The van der Waals surface area contributed by atoms with Gasteiger partial charge in [0.1, 0.15) is 0 Å². The van der Waals surface area contributed by atoms with Crippen LogP contribution in [-0.2, 0) is 4.79 Å². The molecule has 0 unspecified atom stereocenters. The molecule has 0 aromatic carbocycles. The highest BCUT2D eigenvalue weighted by molar-refractivity contribution is 5.75. The maximum Gasteiger partial charge on any atom is 0.221 e. The van der Waals surface area contributed by atoms with E-state index in [9.17, 15) is 9.90 Å². The summed E-state index contributed by atoms with van der Waals surface area (Å²) >= 11 is 0. The molecule has 0 aliphatic carbocycles. The van der Waals surface area contributed by atoms with E-state index in [-0.39, 0.29) is 12.5 Å². The van der Waals surface area contributed by atoms with Crippen LogP contribution in [0.15, 0.2) is 0 Å². The Kier molecular flexibility index (Phi) is 22.2. The average Bonchev–Trinajstić information content (AvgIpc) is 2.70. The molecule has 2 N–H and O–H groups in total. The van der Waals surface area contributed by atoms with Crippen LogP contribution in [0.3, 0.4) is 0 Å². The molecule has 0 rings (SSSR count). The van der Waals surface area contributed by atoms with E-state index in [1.807, 2.05) is 0 Å². The van der Waals surface area contributed by atoms with Crippen LogP contribution < -0.4 is 5.32 Å². The average molecular weight is 399 g/mol. The third kappa shape index (κ3) is 20.1. The predicted molar refractivity (Wildman–Crippen MR) is 122 cm³/mol. The van der Waals surface area contributed by atoms with Gasteiger partial charge in [0.15, 0.2) is 0 Å². The molecule has 0 fully saturated rings. The molecule has 0 heterocycles. The van der Waals surface area contributed by atoms with Gasteiger partial charge in [-0.2, -0.15) is 0 Å². The normalized spacial score (nSPS) is 11.3. The van der Waals surface area contributed by atoms with Crippen molar-refractivity contribution in [2.24, 2.45) is 0 Å². The third-order valence-corrected chi connectivity index (χ3v) is 5.50. The smallest absolute Gasteiger partial charge is 0.221 e. The number of amides is 1. The van der Waals surface area contributed by atoms with Gasteiger partial charge in [0.05, 0.1) is 6.61 Å². The molecule has 0 aliphatic heterocycles. The highest BCUT2D eigenvalue weighted by Crippen LogP contribution is 2.11. The van der Waals surface area contributed by atoms with Crippen molar-refractivity contribution in [1.29, 1.82) is 0 Å². The van der Waals surface area contributed by atoms with Gasteiger partial charge in [-0.05, 0) is 19.4 Å². The summed E-state index contributed by atoms with van der Waals surface area (Å²) in [5.41, 5.74) is 0. The van der Waals surface area contributed by atoms with Crippen molar-refractivity contribution in [1.82, 2.24) is 10.2 Å². The number of nitrogens with one attached hydrogen (secondary N) is 1. The summed E-state index contributed by atoms with van der Waals surface area (Å²) in [6, 6.07) is 0. The summed E-state index contributed by atoms with van der Waals surface area (Å²) in [7, 11) is 0. The SMILES string of the molecule is CCCCCCCCCCCCCNC(=O)CCN(CCO)CCCCCC. The van der Waals surface area contributed by atoms with Crippen LogP contribution in [0, 0.1) is 0 Å². The van der Waals surface area contributed by atoms with Crippen molar-refractivity contribution < 1.29 is 9.90 Å². The van der Waals surface area contributed by atoms with E-state index in [2.05, 4.69) is 24.1 Å². The lowest BCUT2D eigenvalue weighted by Crippen LogP contribution is -2.33. The van der Waals surface area contributed by atoms with Gasteiger partial charge < -0.3 is 15.3 Å². The Labute approximate surface area is 175 Å². The summed E-state index contributed by atoms with van der Waals surface area (Å²) in [4.78, 5) is 14.2. The summed E-state index contributed by atoms with van der Waals surface area (Å²) < 4.78 is 0. The van der Waals surface area contributed by atoms with Crippen molar-refractivity contribution in [3.05, 3.63) is 0 Å². The van der Waals surface area contributed by atoms with E-state index in [0.29, 0.717) is 13.0 Å². The molecule has 0 atom stereocenters. The molecular formula is C24H50N2O2. The van der Waals surface area contributed by atoms with E-state index < -0.39 is 0 Å². The van der Waals surface area contributed by atoms with Gasteiger partial charge in [0.25, 0.3) is 0 Å². The largest absolute Gasteiger partial charge is 0.395 e. The molecule has 0 radical (unpaired) electrons. The minimum atomic E-state index is 0.156. The fourth-order valence-corrected chi connectivity index (χ4v) is 3.60. The van der Waals surface area contributed by atoms with E-state index in [1.165, 1.54) is 83.5 Å². The minimum Gasteiger partial charge on any atom is -0.395 e. The van der Waals surface area contributed by atoms with E-state index >= 15 is 0 Å². The Bertz CT molecular complexity index is 324. The fraction of sp³-hybridized carbons (Fsp3) is 0.958. The molecule has 0 spiro atoms. The Balaban J connectivity index is 3.47. The first kappa shape index (κ1) is 27.4. The van der Waals surface area contributed by atoms with Crippen LogP contribution in [0.1, 0.15) is 117 Å². The quantitative estimate of drug-likeness (QED) is 0.231. The zero-order valence-corrected chi connectivity index (χ0v) is 19.2. The molecule has 4 heteroatoms. The zero-order chi connectivity index (χ0) is 20.7. The molecule has 28 heavy (non-hydrogen) atoms. The molecule has 0 bridgehead atoms. The molecular weight excluding hydrogens is 348 g/mol. The van der Waals surface area contributed by atoms with E-state index in [4.69, 9.17) is 0 Å². The number of rotatable bonds is 22. The molecule has 4 nitrogen and oxygen atoms in total. The van der Waals surface area contributed by atoms with Gasteiger partial charge in [0, 0.05) is 26.1 Å². The number of hydrogen-bond acceptors (Lipinski definition) is 3. The summed E-state index contributed by atoms with van der Waals surface area (Å²) in [6.45, 7) is 7.90. The van der Waals surface area contributed by atoms with Crippen LogP contribution >= 0.6 is 0 Å². The molecule has 0 aromatic rings. The molecule has 0 saturated heterocycles. The van der Waals surface area contributed by atoms with E-state index in [0.717, 1.165) is 32.5 Å². The molecule has 0 saturated carbocycles. The Morgan fingerprint density at radius 2 is 1.18 bits per heavy atom. The van der Waals surface area contributed by atoms with Crippen molar-refractivity contribution in [3.8, 4) is 0 Å². The molecule has 1 amide bonds. The first-order chi connectivity index (χ1) is 13.7. The molecule has 168 valence electrons. The second-order valence-corrected chi connectivity index (χ2v) is 8.26. The van der Waals surface area contributed by atoms with Crippen LogP contribution in [0.25, 0.3) is 0 Å². The summed E-state index contributed by atoms with van der Waals surface area (Å²) in [5.74, 6) is 0.156.